The van der Waals surface area contributed by atoms with Crippen molar-refractivity contribution in [1.82, 2.24) is 0 Å². The van der Waals surface area contributed by atoms with Crippen molar-refractivity contribution in [2.75, 3.05) is 17.2 Å². The summed E-state index contributed by atoms with van der Waals surface area (Å²) in [4.78, 5) is 0. The maximum Gasteiger partial charge on any atom is 0.109 e. The molecule has 5 nitrogen and oxygen atoms in total. The predicted molar refractivity (Wildman–Crippen MR) is 77.5 cm³/mol. The zero-order valence-corrected chi connectivity index (χ0v) is 10.4. The first-order valence-corrected chi connectivity index (χ1v) is 5.07. The van der Waals surface area contributed by atoms with Gasteiger partial charge in [-0.3, -0.25) is 0 Å². The molecule has 2 rings (SSSR count). The quantitative estimate of drug-likeness (QED) is 0.572. The third-order valence-corrected chi connectivity index (χ3v) is 2.20. The van der Waals surface area contributed by atoms with Crippen LogP contribution in [0, 0.1) is 0 Å². The van der Waals surface area contributed by atoms with E-state index in [1.807, 2.05) is 12.1 Å². The van der Waals surface area contributed by atoms with Gasteiger partial charge in [-0.15, -0.1) is 17.5 Å². The van der Waals surface area contributed by atoms with Crippen LogP contribution < -0.4 is 17.2 Å². The lowest BCUT2D eigenvalue weighted by Gasteiger charge is -2.00. The van der Waals surface area contributed by atoms with E-state index in [0.717, 1.165) is 0 Å². The van der Waals surface area contributed by atoms with Crippen molar-refractivity contribution in [2.45, 2.75) is 0 Å². The summed E-state index contributed by atoms with van der Waals surface area (Å²) in [6, 6.07) is 12.2. The predicted octanol–water partition coefficient (Wildman–Crippen LogP) is 3.27. The maximum atomic E-state index is 5.76. The van der Waals surface area contributed by atoms with Gasteiger partial charge in [0.2, 0.25) is 0 Å². The minimum atomic E-state index is 0. The molecule has 0 unspecified atom stereocenters. The standard InChI is InChI=1S/C12H13N5.ClH/c13-8-2-1-3-10(6-8)16-17-12-5-4-9(14)7-11(12)15;/h1-7H,13-15H2;1H. The van der Waals surface area contributed by atoms with Crippen LogP contribution in [-0.4, -0.2) is 0 Å². The molecule has 2 aromatic rings. The minimum absolute atomic E-state index is 0. The van der Waals surface area contributed by atoms with Gasteiger partial charge in [0.15, 0.2) is 0 Å². The lowest BCUT2D eigenvalue weighted by atomic mass is 10.2. The molecule has 0 aliphatic carbocycles. The average Bonchev–Trinajstić information content (AvgIpc) is 2.28. The molecular weight excluding hydrogens is 250 g/mol. The van der Waals surface area contributed by atoms with Crippen LogP contribution in [0.25, 0.3) is 0 Å². The first kappa shape index (κ1) is 13.8. The van der Waals surface area contributed by atoms with Gasteiger partial charge in [-0.05, 0) is 36.4 Å². The Bertz CT molecular complexity index is 568. The fraction of sp³-hybridized carbons (Fsp3) is 0. The summed E-state index contributed by atoms with van der Waals surface area (Å²) in [5.41, 5.74) is 20.0. The molecule has 0 saturated heterocycles. The number of benzene rings is 2. The van der Waals surface area contributed by atoms with E-state index in [1.165, 1.54) is 0 Å². The van der Waals surface area contributed by atoms with Crippen LogP contribution in [0.5, 0.6) is 0 Å². The number of halogens is 1. The summed E-state index contributed by atoms with van der Waals surface area (Å²) in [5.74, 6) is 0. The lowest BCUT2D eigenvalue weighted by molar-refractivity contribution is 1.23. The van der Waals surface area contributed by atoms with Crippen molar-refractivity contribution in [3.63, 3.8) is 0 Å². The molecule has 0 aliphatic rings. The second kappa shape index (κ2) is 5.88. The number of anilines is 3. The zero-order valence-electron chi connectivity index (χ0n) is 9.58. The fourth-order valence-electron chi connectivity index (χ4n) is 1.36. The van der Waals surface area contributed by atoms with Gasteiger partial charge in [0.1, 0.15) is 5.69 Å². The molecule has 94 valence electrons. The molecule has 0 aromatic heterocycles. The summed E-state index contributed by atoms with van der Waals surface area (Å²) in [7, 11) is 0. The average molecular weight is 264 g/mol. The lowest BCUT2D eigenvalue weighted by Crippen LogP contribution is -1.89. The molecule has 18 heavy (non-hydrogen) atoms. The number of nitrogens with zero attached hydrogens (tertiary/aromatic N) is 2. The van der Waals surface area contributed by atoms with Gasteiger partial charge in [0, 0.05) is 11.4 Å². The molecule has 0 fully saturated rings. The van der Waals surface area contributed by atoms with E-state index in [9.17, 15) is 0 Å². The first-order chi connectivity index (χ1) is 8.15. The van der Waals surface area contributed by atoms with Crippen LogP contribution in [-0.2, 0) is 0 Å². The molecule has 2 aromatic carbocycles. The van der Waals surface area contributed by atoms with Crippen LogP contribution in [0.4, 0.5) is 28.4 Å². The Labute approximate surface area is 111 Å². The van der Waals surface area contributed by atoms with Crippen molar-refractivity contribution in [2.24, 2.45) is 10.2 Å². The monoisotopic (exact) mass is 263 g/mol. The smallest absolute Gasteiger partial charge is 0.109 e. The van der Waals surface area contributed by atoms with Gasteiger partial charge in [-0.25, -0.2) is 0 Å². The van der Waals surface area contributed by atoms with Crippen LogP contribution in [0.15, 0.2) is 52.7 Å². The minimum Gasteiger partial charge on any atom is -0.399 e. The maximum absolute atomic E-state index is 5.76. The van der Waals surface area contributed by atoms with Crippen molar-refractivity contribution < 1.29 is 0 Å². The van der Waals surface area contributed by atoms with Crippen molar-refractivity contribution in [3.05, 3.63) is 42.5 Å². The van der Waals surface area contributed by atoms with E-state index in [4.69, 9.17) is 17.2 Å². The molecule has 6 heteroatoms. The Balaban J connectivity index is 0.00000162. The topological polar surface area (TPSA) is 103 Å². The number of nitrogen functional groups attached to an aromatic ring is 3. The highest BCUT2D eigenvalue weighted by Crippen LogP contribution is 2.26. The molecule has 0 spiro atoms. The van der Waals surface area contributed by atoms with Gasteiger partial charge < -0.3 is 17.2 Å². The van der Waals surface area contributed by atoms with Crippen LogP contribution in [0.1, 0.15) is 0 Å². The normalized spacial score (nSPS) is 10.2. The van der Waals surface area contributed by atoms with E-state index in [-0.39, 0.29) is 12.4 Å². The van der Waals surface area contributed by atoms with Gasteiger partial charge in [-0.1, -0.05) is 6.07 Å². The Morgan fingerprint density at radius 1 is 0.778 bits per heavy atom. The number of nitrogens with two attached hydrogens (primary N) is 3. The van der Waals surface area contributed by atoms with Crippen molar-refractivity contribution in [1.29, 1.82) is 0 Å². The Hall–Kier alpha value is -2.27. The summed E-state index contributed by atoms with van der Waals surface area (Å²) in [5, 5.41) is 8.10. The fourth-order valence-corrected chi connectivity index (χ4v) is 1.36. The Morgan fingerprint density at radius 3 is 2.17 bits per heavy atom. The van der Waals surface area contributed by atoms with Crippen LogP contribution in [0.2, 0.25) is 0 Å². The summed E-state index contributed by atoms with van der Waals surface area (Å²) in [6.07, 6.45) is 0. The number of hydrogen-bond acceptors (Lipinski definition) is 5. The molecule has 0 amide bonds. The molecular formula is C12H14ClN5. The molecule has 0 heterocycles. The highest BCUT2D eigenvalue weighted by Gasteiger charge is 1.97. The molecule has 6 N–H and O–H groups in total. The van der Waals surface area contributed by atoms with E-state index in [2.05, 4.69) is 10.2 Å². The van der Waals surface area contributed by atoms with Gasteiger partial charge in [0.05, 0.1) is 11.4 Å². The largest absolute Gasteiger partial charge is 0.399 e. The number of azo groups is 1. The zero-order chi connectivity index (χ0) is 12.3. The van der Waals surface area contributed by atoms with Crippen molar-refractivity contribution >= 4 is 40.8 Å². The number of hydrogen-bond donors (Lipinski definition) is 3. The number of rotatable bonds is 2. The van der Waals surface area contributed by atoms with E-state index in [1.54, 1.807) is 30.3 Å². The first-order valence-electron chi connectivity index (χ1n) is 5.07. The molecule has 0 radical (unpaired) electrons. The van der Waals surface area contributed by atoms with Crippen LogP contribution in [0.3, 0.4) is 0 Å². The van der Waals surface area contributed by atoms with Gasteiger partial charge in [0.25, 0.3) is 0 Å². The second-order valence-corrected chi connectivity index (χ2v) is 3.61. The Morgan fingerprint density at radius 2 is 1.50 bits per heavy atom. The summed E-state index contributed by atoms with van der Waals surface area (Å²) in [6.45, 7) is 0. The summed E-state index contributed by atoms with van der Waals surface area (Å²) < 4.78 is 0. The van der Waals surface area contributed by atoms with Crippen LogP contribution >= 0.6 is 12.4 Å². The van der Waals surface area contributed by atoms with E-state index in [0.29, 0.717) is 28.4 Å². The third kappa shape index (κ3) is 3.36. The van der Waals surface area contributed by atoms with Gasteiger partial charge >= 0.3 is 0 Å². The molecule has 0 saturated carbocycles. The highest BCUT2D eigenvalue weighted by atomic mass is 35.5. The third-order valence-electron chi connectivity index (χ3n) is 2.20. The van der Waals surface area contributed by atoms with Gasteiger partial charge in [-0.2, -0.15) is 5.11 Å². The molecule has 0 atom stereocenters. The SMILES string of the molecule is Cl.Nc1cccc(N=Nc2ccc(N)cc2N)c1. The Kier molecular flexibility index (Phi) is 4.51. The van der Waals surface area contributed by atoms with Crippen molar-refractivity contribution in [3.8, 4) is 0 Å². The second-order valence-electron chi connectivity index (χ2n) is 3.61. The molecule has 0 aliphatic heterocycles. The highest BCUT2D eigenvalue weighted by molar-refractivity contribution is 5.85. The van der Waals surface area contributed by atoms with E-state index >= 15 is 0 Å². The molecule has 0 bridgehead atoms. The summed E-state index contributed by atoms with van der Waals surface area (Å²) >= 11 is 0. The van der Waals surface area contributed by atoms with E-state index < -0.39 is 0 Å².